The van der Waals surface area contributed by atoms with Gasteiger partial charge in [-0.05, 0) is 12.1 Å². The first-order valence-electron chi connectivity index (χ1n) is 6.69. The number of pyridine rings is 1. The molecular weight excluding hydrogens is 339 g/mol. The largest absolute Gasteiger partial charge is 0.443 e. The summed E-state index contributed by atoms with van der Waals surface area (Å²) < 4.78 is 5.35. The zero-order valence-corrected chi connectivity index (χ0v) is 14.0. The van der Waals surface area contributed by atoms with Gasteiger partial charge in [0.2, 0.25) is 6.10 Å². The van der Waals surface area contributed by atoms with Crippen LogP contribution >= 0.6 is 23.2 Å². The Kier molecular flexibility index (Phi) is 5.58. The van der Waals surface area contributed by atoms with Gasteiger partial charge in [-0.15, -0.1) is 0 Å². The molecule has 2 aromatic rings. The van der Waals surface area contributed by atoms with E-state index in [1.807, 2.05) is 0 Å². The molecule has 0 N–H and O–H groups in total. The Labute approximate surface area is 143 Å². The van der Waals surface area contributed by atoms with Crippen molar-refractivity contribution in [3.63, 3.8) is 0 Å². The van der Waals surface area contributed by atoms with Crippen LogP contribution < -0.4 is 0 Å². The number of likely N-dealkylation sites (N-methyl/N-ethyl adjacent to an activating group) is 1. The number of halogens is 2. The van der Waals surface area contributed by atoms with Crippen molar-refractivity contribution >= 4 is 35.1 Å². The molecule has 0 saturated carbocycles. The van der Waals surface area contributed by atoms with Gasteiger partial charge in [-0.2, -0.15) is 0 Å². The van der Waals surface area contributed by atoms with E-state index in [0.717, 1.165) is 0 Å². The fourth-order valence-corrected chi connectivity index (χ4v) is 2.18. The van der Waals surface area contributed by atoms with Gasteiger partial charge >= 0.3 is 5.97 Å². The molecule has 120 valence electrons. The lowest BCUT2D eigenvalue weighted by atomic mass is 10.1. The van der Waals surface area contributed by atoms with Gasteiger partial charge in [0.25, 0.3) is 5.91 Å². The minimum Gasteiger partial charge on any atom is -0.443 e. The van der Waals surface area contributed by atoms with Gasteiger partial charge in [-0.3, -0.25) is 4.79 Å². The van der Waals surface area contributed by atoms with E-state index in [1.54, 1.807) is 44.4 Å². The lowest BCUT2D eigenvalue weighted by molar-refractivity contribution is -0.138. The van der Waals surface area contributed by atoms with E-state index in [2.05, 4.69) is 4.98 Å². The van der Waals surface area contributed by atoms with Gasteiger partial charge in [-0.1, -0.05) is 53.5 Å². The topological polar surface area (TPSA) is 59.5 Å². The molecule has 0 fully saturated rings. The third-order valence-corrected chi connectivity index (χ3v) is 3.51. The molecular formula is C16H14Cl2N2O3. The highest BCUT2D eigenvalue weighted by atomic mass is 35.5. The maximum absolute atomic E-state index is 12.3. The fourth-order valence-electron chi connectivity index (χ4n) is 1.85. The minimum absolute atomic E-state index is 0.100. The summed E-state index contributed by atoms with van der Waals surface area (Å²) in [5.74, 6) is -1.19. The van der Waals surface area contributed by atoms with Crippen molar-refractivity contribution in [2.75, 3.05) is 14.1 Å². The van der Waals surface area contributed by atoms with Crippen molar-refractivity contribution in [1.82, 2.24) is 9.88 Å². The fraction of sp³-hybridized carbons (Fsp3) is 0.188. The Balaban J connectivity index is 2.32. The smallest absolute Gasteiger partial charge is 0.359 e. The molecule has 7 heteroatoms. The van der Waals surface area contributed by atoms with Crippen LogP contribution in [0.3, 0.4) is 0 Å². The SMILES string of the molecule is CN(C)C(=O)C(OC(=O)c1nc(Cl)ccc1Cl)c1ccccc1. The summed E-state index contributed by atoms with van der Waals surface area (Å²) in [6.45, 7) is 0. The Morgan fingerprint density at radius 1 is 1.09 bits per heavy atom. The molecule has 1 amide bonds. The quantitative estimate of drug-likeness (QED) is 0.625. The molecule has 0 aliphatic rings. The van der Waals surface area contributed by atoms with Crippen LogP contribution in [0, 0.1) is 0 Å². The number of hydrogen-bond acceptors (Lipinski definition) is 4. The molecule has 23 heavy (non-hydrogen) atoms. The van der Waals surface area contributed by atoms with Crippen molar-refractivity contribution in [2.45, 2.75) is 6.10 Å². The van der Waals surface area contributed by atoms with E-state index in [0.29, 0.717) is 5.56 Å². The summed E-state index contributed by atoms with van der Waals surface area (Å²) in [4.78, 5) is 29.9. The van der Waals surface area contributed by atoms with Crippen LogP contribution in [0.5, 0.6) is 0 Å². The first kappa shape index (κ1) is 17.2. The van der Waals surface area contributed by atoms with Crippen LogP contribution in [0.15, 0.2) is 42.5 Å². The molecule has 0 aliphatic heterocycles. The average molecular weight is 353 g/mol. The normalized spacial score (nSPS) is 11.7. The van der Waals surface area contributed by atoms with E-state index >= 15 is 0 Å². The number of amides is 1. The van der Waals surface area contributed by atoms with Crippen molar-refractivity contribution < 1.29 is 14.3 Å². The van der Waals surface area contributed by atoms with Gasteiger partial charge in [0.05, 0.1) is 5.02 Å². The summed E-state index contributed by atoms with van der Waals surface area (Å²) in [7, 11) is 3.16. The molecule has 0 spiro atoms. The van der Waals surface area contributed by atoms with Crippen LogP contribution in [0.2, 0.25) is 10.2 Å². The maximum Gasteiger partial charge on any atom is 0.359 e. The number of esters is 1. The van der Waals surface area contributed by atoms with Gasteiger partial charge in [0.1, 0.15) is 5.15 Å². The number of nitrogens with zero attached hydrogens (tertiary/aromatic N) is 2. The molecule has 1 heterocycles. The second-order valence-corrected chi connectivity index (χ2v) is 5.69. The number of carbonyl (C=O) groups is 2. The molecule has 2 rings (SSSR count). The Morgan fingerprint density at radius 3 is 2.35 bits per heavy atom. The first-order valence-corrected chi connectivity index (χ1v) is 7.45. The van der Waals surface area contributed by atoms with Crippen molar-refractivity contribution in [3.8, 4) is 0 Å². The molecule has 1 unspecified atom stereocenters. The van der Waals surface area contributed by atoms with E-state index in [1.165, 1.54) is 17.0 Å². The minimum atomic E-state index is -1.09. The Morgan fingerprint density at radius 2 is 1.74 bits per heavy atom. The van der Waals surface area contributed by atoms with Gasteiger partial charge in [-0.25, -0.2) is 9.78 Å². The number of hydrogen-bond donors (Lipinski definition) is 0. The third kappa shape index (κ3) is 4.21. The summed E-state index contributed by atoms with van der Waals surface area (Å²) in [6.07, 6.45) is -1.09. The number of aromatic nitrogens is 1. The van der Waals surface area contributed by atoms with Crippen LogP contribution in [-0.4, -0.2) is 35.9 Å². The van der Waals surface area contributed by atoms with Crippen LogP contribution in [-0.2, 0) is 9.53 Å². The number of ether oxygens (including phenoxy) is 1. The number of rotatable bonds is 4. The van der Waals surface area contributed by atoms with Crippen molar-refractivity contribution in [1.29, 1.82) is 0 Å². The molecule has 1 aromatic carbocycles. The Bertz CT molecular complexity index is 721. The van der Waals surface area contributed by atoms with E-state index in [-0.39, 0.29) is 21.8 Å². The third-order valence-electron chi connectivity index (χ3n) is 3.00. The number of carbonyl (C=O) groups excluding carboxylic acids is 2. The van der Waals surface area contributed by atoms with Gasteiger partial charge < -0.3 is 9.64 Å². The van der Waals surface area contributed by atoms with E-state index in [9.17, 15) is 9.59 Å². The zero-order valence-electron chi connectivity index (χ0n) is 12.5. The monoisotopic (exact) mass is 352 g/mol. The van der Waals surface area contributed by atoms with Gasteiger partial charge in [0, 0.05) is 19.7 Å². The molecule has 5 nitrogen and oxygen atoms in total. The van der Waals surface area contributed by atoms with Gasteiger partial charge in [0.15, 0.2) is 5.69 Å². The van der Waals surface area contributed by atoms with Crippen LogP contribution in [0.25, 0.3) is 0 Å². The number of benzene rings is 1. The lowest BCUT2D eigenvalue weighted by Gasteiger charge is -2.21. The molecule has 0 bridgehead atoms. The van der Waals surface area contributed by atoms with Crippen LogP contribution in [0.4, 0.5) is 0 Å². The summed E-state index contributed by atoms with van der Waals surface area (Å²) in [5.41, 5.74) is 0.421. The predicted molar refractivity (Wildman–Crippen MR) is 87.5 cm³/mol. The molecule has 1 atom stereocenters. The highest BCUT2D eigenvalue weighted by molar-refractivity contribution is 6.34. The van der Waals surface area contributed by atoms with E-state index in [4.69, 9.17) is 27.9 Å². The van der Waals surface area contributed by atoms with Crippen LogP contribution in [0.1, 0.15) is 22.2 Å². The van der Waals surface area contributed by atoms with E-state index < -0.39 is 12.1 Å². The first-order chi connectivity index (χ1) is 10.9. The molecule has 0 saturated heterocycles. The highest BCUT2D eigenvalue weighted by Gasteiger charge is 2.28. The summed E-state index contributed by atoms with van der Waals surface area (Å²) in [5, 5.41) is 0.208. The average Bonchev–Trinajstić information content (AvgIpc) is 2.54. The predicted octanol–water partition coefficient (Wildman–Crippen LogP) is 3.37. The van der Waals surface area contributed by atoms with Crippen molar-refractivity contribution in [2.24, 2.45) is 0 Å². The maximum atomic E-state index is 12.3. The summed E-state index contributed by atoms with van der Waals surface area (Å²) in [6, 6.07) is 11.6. The Hall–Kier alpha value is -2.11. The molecule has 0 radical (unpaired) electrons. The second-order valence-electron chi connectivity index (χ2n) is 4.89. The second kappa shape index (κ2) is 7.44. The highest BCUT2D eigenvalue weighted by Crippen LogP contribution is 2.24. The van der Waals surface area contributed by atoms with Crippen molar-refractivity contribution in [3.05, 3.63) is 63.9 Å². The lowest BCUT2D eigenvalue weighted by Crippen LogP contribution is -2.31. The zero-order chi connectivity index (χ0) is 17.0. The standard InChI is InChI=1S/C16H14Cl2N2O3/c1-20(2)15(21)14(10-6-4-3-5-7-10)23-16(22)13-11(17)8-9-12(18)19-13/h3-9,14H,1-2H3. The molecule has 0 aliphatic carbocycles. The summed E-state index contributed by atoms with van der Waals surface area (Å²) >= 11 is 11.7. The molecule has 1 aromatic heterocycles.